The minimum absolute atomic E-state index is 0.895. The zero-order valence-electron chi connectivity index (χ0n) is 12.2. The Labute approximate surface area is 129 Å². The molecule has 1 aromatic heterocycles. The number of aryl methyl sites for hydroxylation is 2. The lowest BCUT2D eigenvalue weighted by Gasteiger charge is -2.09. The Balaban J connectivity index is 1.82. The molecule has 0 atom stereocenters. The number of para-hydroxylation sites is 1. The van der Waals surface area contributed by atoms with Gasteiger partial charge in [-0.25, -0.2) is 0 Å². The lowest BCUT2D eigenvalue weighted by molar-refractivity contribution is 0.878. The highest BCUT2D eigenvalue weighted by molar-refractivity contribution is 7.98. The van der Waals surface area contributed by atoms with Crippen LogP contribution in [0, 0.1) is 13.8 Å². The molecule has 4 heteroatoms. The predicted molar refractivity (Wildman–Crippen MR) is 86.8 cm³/mol. The Kier molecular flexibility index (Phi) is 4.06. The van der Waals surface area contributed by atoms with Crippen LogP contribution in [0.25, 0.3) is 5.69 Å². The molecule has 3 aromatic rings. The van der Waals surface area contributed by atoms with E-state index in [9.17, 15) is 0 Å². The van der Waals surface area contributed by atoms with E-state index in [1.807, 2.05) is 12.1 Å². The minimum Gasteiger partial charge on any atom is -0.276 e. The van der Waals surface area contributed by atoms with Gasteiger partial charge in [0.2, 0.25) is 0 Å². The largest absolute Gasteiger partial charge is 0.276 e. The van der Waals surface area contributed by atoms with E-state index < -0.39 is 0 Å². The summed E-state index contributed by atoms with van der Waals surface area (Å²) < 4.78 is 2.05. The Hall–Kier alpha value is -2.07. The Bertz CT molecular complexity index is 749. The van der Waals surface area contributed by atoms with Crippen LogP contribution in [-0.2, 0) is 5.75 Å². The van der Waals surface area contributed by atoms with Gasteiger partial charge in [-0.15, -0.1) is 10.2 Å². The van der Waals surface area contributed by atoms with E-state index in [4.69, 9.17) is 0 Å². The summed E-state index contributed by atoms with van der Waals surface area (Å²) in [7, 11) is 0. The second-order valence-corrected chi connectivity index (χ2v) is 5.99. The molecule has 0 amide bonds. The third-order valence-electron chi connectivity index (χ3n) is 3.34. The van der Waals surface area contributed by atoms with Crippen LogP contribution in [0.3, 0.4) is 0 Å². The van der Waals surface area contributed by atoms with Crippen molar-refractivity contribution in [3.05, 3.63) is 71.5 Å². The summed E-state index contributed by atoms with van der Waals surface area (Å²) in [5.41, 5.74) is 4.94. The Morgan fingerprint density at radius 1 is 1.05 bits per heavy atom. The fourth-order valence-corrected chi connectivity index (χ4v) is 3.14. The molecule has 0 N–H and O–H groups in total. The lowest BCUT2D eigenvalue weighted by Crippen LogP contribution is -1.97. The maximum Gasteiger partial charge on any atom is 0.195 e. The number of aromatic nitrogens is 3. The van der Waals surface area contributed by atoms with Gasteiger partial charge in [-0.1, -0.05) is 59.8 Å². The van der Waals surface area contributed by atoms with Crippen molar-refractivity contribution in [1.29, 1.82) is 0 Å². The first-order chi connectivity index (χ1) is 10.2. The highest BCUT2D eigenvalue weighted by Crippen LogP contribution is 2.24. The third-order valence-corrected chi connectivity index (χ3v) is 4.36. The second kappa shape index (κ2) is 6.14. The number of benzene rings is 2. The molecule has 106 valence electrons. The summed E-state index contributed by atoms with van der Waals surface area (Å²) >= 11 is 1.71. The van der Waals surface area contributed by atoms with Crippen LogP contribution in [0.2, 0.25) is 0 Å². The molecule has 0 saturated carbocycles. The van der Waals surface area contributed by atoms with Gasteiger partial charge < -0.3 is 0 Å². The van der Waals surface area contributed by atoms with Gasteiger partial charge in [-0.05, 0) is 31.0 Å². The fraction of sp³-hybridized carbons (Fsp3) is 0.176. The van der Waals surface area contributed by atoms with E-state index in [0.29, 0.717) is 0 Å². The number of thioether (sulfide) groups is 1. The van der Waals surface area contributed by atoms with E-state index in [0.717, 1.165) is 16.6 Å². The first kappa shape index (κ1) is 13.9. The molecule has 0 fully saturated rings. The molecule has 3 nitrogen and oxygen atoms in total. The van der Waals surface area contributed by atoms with Gasteiger partial charge in [0, 0.05) is 5.75 Å². The van der Waals surface area contributed by atoms with Crippen molar-refractivity contribution in [2.24, 2.45) is 0 Å². The number of nitrogens with zero attached hydrogens (tertiary/aromatic N) is 3. The predicted octanol–water partition coefficient (Wildman–Crippen LogP) is 4.18. The summed E-state index contributed by atoms with van der Waals surface area (Å²) in [6, 6.07) is 16.8. The number of hydrogen-bond acceptors (Lipinski definition) is 3. The van der Waals surface area contributed by atoms with E-state index in [2.05, 4.69) is 65.0 Å². The van der Waals surface area contributed by atoms with Crippen LogP contribution < -0.4 is 0 Å². The molecular weight excluding hydrogens is 278 g/mol. The van der Waals surface area contributed by atoms with Gasteiger partial charge in [0.15, 0.2) is 5.16 Å². The van der Waals surface area contributed by atoms with Crippen molar-refractivity contribution in [1.82, 2.24) is 14.8 Å². The van der Waals surface area contributed by atoms with Gasteiger partial charge >= 0.3 is 0 Å². The molecule has 0 aliphatic carbocycles. The van der Waals surface area contributed by atoms with Crippen molar-refractivity contribution < 1.29 is 0 Å². The average molecular weight is 295 g/mol. The first-order valence-corrected chi connectivity index (χ1v) is 7.87. The molecule has 21 heavy (non-hydrogen) atoms. The SMILES string of the molecule is Cc1cccc(CSc2nncn2-c2ccccc2C)c1. The Morgan fingerprint density at radius 3 is 2.71 bits per heavy atom. The maximum absolute atomic E-state index is 4.25. The first-order valence-electron chi connectivity index (χ1n) is 6.88. The summed E-state index contributed by atoms with van der Waals surface area (Å²) in [6.45, 7) is 4.22. The molecule has 2 aromatic carbocycles. The Morgan fingerprint density at radius 2 is 1.90 bits per heavy atom. The van der Waals surface area contributed by atoms with Crippen LogP contribution in [0.4, 0.5) is 0 Å². The summed E-state index contributed by atoms with van der Waals surface area (Å²) in [4.78, 5) is 0. The van der Waals surface area contributed by atoms with Gasteiger partial charge in [-0.2, -0.15) is 0 Å². The molecule has 1 heterocycles. The van der Waals surface area contributed by atoms with Gasteiger partial charge in [0.25, 0.3) is 0 Å². The molecule has 0 saturated heterocycles. The summed E-state index contributed by atoms with van der Waals surface area (Å²) in [5.74, 6) is 0.895. The smallest absolute Gasteiger partial charge is 0.195 e. The quantitative estimate of drug-likeness (QED) is 0.677. The average Bonchev–Trinajstić information content (AvgIpc) is 2.94. The molecule has 0 aliphatic rings. The van der Waals surface area contributed by atoms with Crippen LogP contribution >= 0.6 is 11.8 Å². The van der Waals surface area contributed by atoms with Crippen molar-refractivity contribution >= 4 is 11.8 Å². The van der Waals surface area contributed by atoms with Gasteiger partial charge in [0.1, 0.15) is 6.33 Å². The molecule has 0 unspecified atom stereocenters. The number of hydrogen-bond donors (Lipinski definition) is 0. The zero-order chi connectivity index (χ0) is 14.7. The van der Waals surface area contributed by atoms with E-state index >= 15 is 0 Å². The minimum atomic E-state index is 0.895. The van der Waals surface area contributed by atoms with Crippen LogP contribution in [0.1, 0.15) is 16.7 Å². The maximum atomic E-state index is 4.25. The van der Waals surface area contributed by atoms with Crippen LogP contribution in [0.15, 0.2) is 60.0 Å². The molecular formula is C17H17N3S. The van der Waals surface area contributed by atoms with Gasteiger partial charge in [0.05, 0.1) is 5.69 Å². The second-order valence-electron chi connectivity index (χ2n) is 5.05. The van der Waals surface area contributed by atoms with E-state index in [1.54, 1.807) is 18.1 Å². The van der Waals surface area contributed by atoms with Crippen LogP contribution in [0.5, 0.6) is 0 Å². The topological polar surface area (TPSA) is 30.7 Å². The van der Waals surface area contributed by atoms with Gasteiger partial charge in [-0.3, -0.25) is 4.57 Å². The van der Waals surface area contributed by atoms with E-state index in [1.165, 1.54) is 16.7 Å². The highest BCUT2D eigenvalue weighted by Gasteiger charge is 2.09. The number of rotatable bonds is 4. The summed E-state index contributed by atoms with van der Waals surface area (Å²) in [6.07, 6.45) is 1.78. The van der Waals surface area contributed by atoms with E-state index in [-0.39, 0.29) is 0 Å². The van der Waals surface area contributed by atoms with Crippen molar-refractivity contribution in [2.45, 2.75) is 24.8 Å². The van der Waals surface area contributed by atoms with Crippen molar-refractivity contribution in [3.8, 4) is 5.69 Å². The van der Waals surface area contributed by atoms with Crippen molar-refractivity contribution in [2.75, 3.05) is 0 Å². The molecule has 0 spiro atoms. The van der Waals surface area contributed by atoms with Crippen molar-refractivity contribution in [3.63, 3.8) is 0 Å². The fourth-order valence-electron chi connectivity index (χ4n) is 2.27. The summed E-state index contributed by atoms with van der Waals surface area (Å²) in [5, 5.41) is 9.23. The zero-order valence-corrected chi connectivity index (χ0v) is 13.0. The normalized spacial score (nSPS) is 10.8. The molecule has 0 bridgehead atoms. The molecule has 0 radical (unpaired) electrons. The highest BCUT2D eigenvalue weighted by atomic mass is 32.2. The van der Waals surface area contributed by atoms with Crippen LogP contribution in [-0.4, -0.2) is 14.8 Å². The lowest BCUT2D eigenvalue weighted by atomic mass is 10.2. The molecule has 0 aliphatic heterocycles. The third kappa shape index (κ3) is 3.16. The monoisotopic (exact) mass is 295 g/mol. The molecule has 3 rings (SSSR count). The standard InChI is InChI=1S/C17H17N3S/c1-13-6-5-8-15(10-13)11-21-17-19-18-12-20(17)16-9-4-3-7-14(16)2/h3-10,12H,11H2,1-2H3.